The molecular weight excluding hydrogens is 1280 g/mol. The van der Waals surface area contributed by atoms with Crippen molar-refractivity contribution in [2.24, 2.45) is 29.4 Å². The van der Waals surface area contributed by atoms with Gasteiger partial charge in [0.25, 0.3) is 0 Å². The van der Waals surface area contributed by atoms with Gasteiger partial charge in [-0.3, -0.25) is 24.1 Å². The number of tetrazole rings is 2. The number of hydrogen-bond donors (Lipinski definition) is 8. The van der Waals surface area contributed by atoms with Gasteiger partial charge in [-0.2, -0.15) is 14.7 Å². The van der Waals surface area contributed by atoms with E-state index in [9.17, 15) is 37.2 Å². The Balaban J connectivity index is 0.000000226. The Labute approximate surface area is 547 Å². The third-order valence-corrected chi connectivity index (χ3v) is 19.2. The summed E-state index contributed by atoms with van der Waals surface area (Å²) in [6.07, 6.45) is 4.40. The number of aryl methyl sites for hydroxylation is 1. The lowest BCUT2D eigenvalue weighted by molar-refractivity contribution is -0.130. The zero-order valence-corrected chi connectivity index (χ0v) is 54.6. The van der Waals surface area contributed by atoms with E-state index in [1.807, 2.05) is 76.2 Å². The van der Waals surface area contributed by atoms with Crippen LogP contribution >= 0.6 is 15.9 Å². The molecule has 1 saturated heterocycles. The van der Waals surface area contributed by atoms with E-state index in [0.29, 0.717) is 107 Å². The number of sulfonamides is 1. The smallest absolute Gasteiger partial charge is 0.407 e. The van der Waals surface area contributed by atoms with Crippen molar-refractivity contribution in [1.29, 1.82) is 0 Å². The maximum absolute atomic E-state index is 14.1. The molecule has 5 aromatic carbocycles. The Morgan fingerprint density at radius 2 is 1.26 bits per heavy atom. The Hall–Kier alpha value is -8.99. The average molecular weight is 1360 g/mol. The van der Waals surface area contributed by atoms with Gasteiger partial charge < -0.3 is 41.6 Å². The zero-order valence-electron chi connectivity index (χ0n) is 52.2. The molecule has 2 atom stereocenters. The number of aromatic amines is 2. The van der Waals surface area contributed by atoms with Crippen molar-refractivity contribution in [3.63, 3.8) is 0 Å². The van der Waals surface area contributed by atoms with Gasteiger partial charge in [0.15, 0.2) is 0 Å². The molecule has 28 heteroatoms. The van der Waals surface area contributed by atoms with Gasteiger partial charge in [-0.05, 0) is 202 Å². The fourth-order valence-corrected chi connectivity index (χ4v) is 13.4. The number of hydrogen-bond acceptors (Lipinski definition) is 16. The van der Waals surface area contributed by atoms with Crippen LogP contribution in [0.15, 0.2) is 125 Å². The predicted molar refractivity (Wildman–Crippen MR) is 349 cm³/mol. The van der Waals surface area contributed by atoms with E-state index in [1.54, 1.807) is 71.6 Å². The highest BCUT2D eigenvalue weighted by Gasteiger charge is 2.37. The number of ether oxygens (including phenoxy) is 2. The summed E-state index contributed by atoms with van der Waals surface area (Å²) >= 11 is 3.44. The van der Waals surface area contributed by atoms with Crippen LogP contribution in [0.2, 0.25) is 0 Å². The van der Waals surface area contributed by atoms with Gasteiger partial charge in [0.1, 0.15) is 17.7 Å². The van der Waals surface area contributed by atoms with Crippen LogP contribution in [0.3, 0.4) is 0 Å². The van der Waals surface area contributed by atoms with Crippen molar-refractivity contribution in [3.05, 3.63) is 136 Å². The zero-order chi connectivity index (χ0) is 66.2. The van der Waals surface area contributed by atoms with E-state index in [0.717, 1.165) is 50.7 Å². The summed E-state index contributed by atoms with van der Waals surface area (Å²) in [6.45, 7) is 9.58. The Kier molecular flexibility index (Phi) is 23.2. The molecule has 6 amide bonds. The van der Waals surface area contributed by atoms with Crippen LogP contribution in [0.5, 0.6) is 0 Å². The number of morpholine rings is 1. The molecule has 1 aliphatic heterocycles. The third kappa shape index (κ3) is 19.1. The number of aromatic nitrogens is 8. The van der Waals surface area contributed by atoms with Crippen molar-refractivity contribution in [1.82, 2.24) is 61.5 Å². The normalized spacial score (nSPS) is 18.3. The monoisotopic (exact) mass is 1360 g/mol. The molecule has 0 radical (unpaired) electrons. The molecule has 9 N–H and O–H groups in total. The first-order valence-corrected chi connectivity index (χ1v) is 33.2. The highest BCUT2D eigenvalue weighted by Crippen LogP contribution is 2.35. The summed E-state index contributed by atoms with van der Waals surface area (Å²) < 4.78 is 39.7. The number of nitrogens with one attached hydrogen (secondary N) is 6. The number of carbonyl (C=O) groups excluding carboxylic acids is 5. The van der Waals surface area contributed by atoms with Crippen LogP contribution in [0.4, 0.5) is 21.0 Å². The first-order valence-electron chi connectivity index (χ1n) is 30.9. The lowest BCUT2D eigenvalue weighted by atomic mass is 9.81. The van der Waals surface area contributed by atoms with E-state index in [-0.39, 0.29) is 59.1 Å². The number of benzene rings is 5. The summed E-state index contributed by atoms with van der Waals surface area (Å²) in [5.74, 6) is -0.664. The minimum absolute atomic E-state index is 0.142. The molecule has 0 bridgehead atoms. The van der Waals surface area contributed by atoms with Crippen LogP contribution in [0.25, 0.3) is 33.9 Å². The fourth-order valence-electron chi connectivity index (χ4n) is 11.7. The number of halogens is 1. The van der Waals surface area contributed by atoms with E-state index in [2.05, 4.69) is 78.4 Å². The van der Waals surface area contributed by atoms with Crippen LogP contribution in [0, 0.1) is 30.6 Å². The van der Waals surface area contributed by atoms with Crippen LogP contribution in [-0.2, 0) is 51.5 Å². The number of carboxylic acid groups (broad SMARTS) is 1. The van der Waals surface area contributed by atoms with Crippen molar-refractivity contribution in [3.8, 4) is 33.9 Å². The lowest BCUT2D eigenvalue weighted by Crippen LogP contribution is -2.52. The molecule has 93 heavy (non-hydrogen) atoms. The summed E-state index contributed by atoms with van der Waals surface area (Å²) in [6, 6.07) is 32.6. The molecule has 492 valence electrons. The van der Waals surface area contributed by atoms with Gasteiger partial charge in [-0.25, -0.2) is 18.0 Å². The number of H-pyrrole nitrogens is 2. The molecule has 2 aliphatic carbocycles. The molecule has 3 fully saturated rings. The molecule has 2 aromatic heterocycles. The Morgan fingerprint density at radius 1 is 0.720 bits per heavy atom. The first-order chi connectivity index (χ1) is 44.6. The van der Waals surface area contributed by atoms with Crippen LogP contribution < -0.4 is 31.9 Å². The topological polar surface area (TPSA) is 365 Å². The lowest BCUT2D eigenvalue weighted by Gasteiger charge is -2.36. The molecule has 2 saturated carbocycles. The number of amides is 6. The molecule has 0 spiro atoms. The molecule has 10 rings (SSSR count). The number of carbonyl (C=O) groups is 6. The summed E-state index contributed by atoms with van der Waals surface area (Å²) in [5.41, 5.74) is 12.1. The van der Waals surface area contributed by atoms with Crippen LogP contribution in [0.1, 0.15) is 88.8 Å². The van der Waals surface area contributed by atoms with Gasteiger partial charge in [0.2, 0.25) is 45.3 Å². The maximum atomic E-state index is 14.1. The highest BCUT2D eigenvalue weighted by atomic mass is 79.9. The minimum Gasteiger partial charge on any atom is -0.465 e. The molecule has 0 unspecified atom stereocenters. The van der Waals surface area contributed by atoms with E-state index < -0.39 is 45.8 Å². The number of alkyl carbamates (subject to hydrolysis) is 1. The summed E-state index contributed by atoms with van der Waals surface area (Å²) in [5, 5.41) is 48.1. The summed E-state index contributed by atoms with van der Waals surface area (Å²) in [4.78, 5) is 79.0. The quantitative estimate of drug-likeness (QED) is 0.0338. The van der Waals surface area contributed by atoms with Gasteiger partial charge in [-0.1, -0.05) is 58.4 Å². The second kappa shape index (κ2) is 31.6. The third-order valence-electron chi connectivity index (χ3n) is 16.8. The Bertz CT molecular complexity index is 3760. The second-order valence-electron chi connectivity index (χ2n) is 24.5. The van der Waals surface area contributed by atoms with Crippen molar-refractivity contribution < 1.29 is 51.8 Å². The SMILES string of the molecule is CC(C)(C)OC(=O)NCC1CCC(C(=O)N(c2ccc(-c3nn[nH]n3)cc2)[C@@H](Cc2ccc(Br)cc2)C(N)=O)CC1.Cc1ccc(S(=O)(=O)N2CCOCC2)cc1-c1ccc(C[C@H](NC(=O)C2CCC(CNC(=O)O)CC2)C(=O)Nc2ccc(-c3nn[nH]n3)cc2)cc1. The number of nitrogens with two attached hydrogens (primary N) is 1. The van der Waals surface area contributed by atoms with Crippen molar-refractivity contribution in [2.45, 2.75) is 114 Å². The number of primary amides is 1. The fraction of sp³-hybridized carbons (Fsp3) is 0.415. The second-order valence-corrected chi connectivity index (χ2v) is 27.4. The first kappa shape index (κ1) is 68.4. The number of nitrogens with zero attached hydrogens (tertiary/aromatic N) is 8. The van der Waals surface area contributed by atoms with Gasteiger partial charge in [0.05, 0.1) is 18.1 Å². The van der Waals surface area contributed by atoms with E-state index in [1.165, 1.54) is 4.31 Å². The summed E-state index contributed by atoms with van der Waals surface area (Å²) in [7, 11) is -3.68. The number of anilines is 2. The molecular formula is C65H78BrN15O11S. The Morgan fingerprint density at radius 3 is 1.81 bits per heavy atom. The molecule has 3 heterocycles. The molecule has 26 nitrogen and oxygen atoms in total. The standard InChI is InChI=1S/C36H42N8O7S.C29H36BrN7O4/c1-23-2-15-30(52(49,50)44-16-18-51-19-17-44)21-31(23)26-7-3-24(4-8-26)20-32(39-34(45)28-9-5-25(6-10-28)22-37-36(47)48)35(46)38-29-13-11-27(12-14-29)33-40-42-43-41-33;1-29(2,3)41-28(40)32-17-19-4-8-21(9-5-19)27(39)37(23-14-10-20(11-15-23)26-33-35-36-34-26)24(25(31)38)16-18-6-12-22(30)13-7-18/h2-4,7-8,11-15,21,25,28,32,37H,5-6,9-10,16-20,22H2,1H3,(H,38,46)(H,39,45)(H,47,48)(H,40,41,42,43);6-7,10-15,19,21,24H,4-5,8-9,16-17H2,1-3H3,(H2,31,38)(H,32,40)(H,33,34,35,36)/t25?,28?,32-;19?,21?,24-/m00/s1. The minimum atomic E-state index is -3.68. The average Bonchev–Trinajstić information content (AvgIpc) is 1.02. The number of rotatable bonds is 21. The van der Waals surface area contributed by atoms with Gasteiger partial charge in [0, 0.05) is 77.8 Å². The van der Waals surface area contributed by atoms with Gasteiger partial charge >= 0.3 is 12.2 Å². The van der Waals surface area contributed by atoms with E-state index >= 15 is 0 Å². The van der Waals surface area contributed by atoms with Crippen molar-refractivity contribution in [2.75, 3.05) is 49.6 Å². The predicted octanol–water partition coefficient (Wildman–Crippen LogP) is 7.99. The maximum Gasteiger partial charge on any atom is 0.407 e. The van der Waals surface area contributed by atoms with E-state index in [4.69, 9.17) is 20.3 Å². The highest BCUT2D eigenvalue weighted by molar-refractivity contribution is 9.10. The largest absolute Gasteiger partial charge is 0.465 e. The van der Waals surface area contributed by atoms with Gasteiger partial charge in [-0.15, -0.1) is 20.4 Å². The molecule has 3 aliphatic rings. The molecule has 7 aromatic rings. The van der Waals surface area contributed by atoms with Crippen molar-refractivity contribution >= 4 is 73.1 Å². The van der Waals surface area contributed by atoms with Crippen LogP contribution in [-0.4, -0.2) is 152 Å².